The van der Waals surface area contributed by atoms with E-state index in [0.29, 0.717) is 11.6 Å². The van der Waals surface area contributed by atoms with E-state index in [1.54, 1.807) is 0 Å². The lowest BCUT2D eigenvalue weighted by Gasteiger charge is -2.12. The van der Waals surface area contributed by atoms with Crippen LogP contribution in [0.1, 0.15) is 5.56 Å². The predicted molar refractivity (Wildman–Crippen MR) is 86.1 cm³/mol. The smallest absolute Gasteiger partial charge is 0.141 e. The molecule has 0 bridgehead atoms. The molecule has 2 nitrogen and oxygen atoms in total. The molecule has 0 unspecified atom stereocenters. The van der Waals surface area contributed by atoms with Crippen molar-refractivity contribution in [2.24, 2.45) is 0 Å². The van der Waals surface area contributed by atoms with Crippen molar-refractivity contribution in [3.05, 3.63) is 55.9 Å². The monoisotopic (exact) mass is 403 g/mol. The molecule has 100 valence electrons. The SMILES string of the molecule is CNCc1cc(Cl)ccc1Oc1ccc(Br)cc1Br. The predicted octanol–water partition coefficient (Wildman–Crippen LogP) is 5.38. The highest BCUT2D eigenvalue weighted by Crippen LogP contribution is 2.34. The van der Waals surface area contributed by atoms with Gasteiger partial charge in [0, 0.05) is 21.6 Å². The van der Waals surface area contributed by atoms with Crippen LogP contribution in [0.3, 0.4) is 0 Å². The summed E-state index contributed by atoms with van der Waals surface area (Å²) in [5.74, 6) is 1.56. The fourth-order valence-electron chi connectivity index (χ4n) is 1.65. The topological polar surface area (TPSA) is 21.3 Å². The van der Waals surface area contributed by atoms with Crippen LogP contribution >= 0.6 is 43.5 Å². The van der Waals surface area contributed by atoms with Crippen LogP contribution in [0.15, 0.2) is 45.3 Å². The number of ether oxygens (including phenoxy) is 1. The number of hydrogen-bond acceptors (Lipinski definition) is 2. The zero-order chi connectivity index (χ0) is 13.8. The Morgan fingerprint density at radius 1 is 1.11 bits per heavy atom. The van der Waals surface area contributed by atoms with E-state index in [4.69, 9.17) is 16.3 Å². The average Bonchev–Trinajstić information content (AvgIpc) is 2.36. The van der Waals surface area contributed by atoms with E-state index in [1.807, 2.05) is 43.4 Å². The van der Waals surface area contributed by atoms with Crippen molar-refractivity contribution < 1.29 is 4.74 Å². The second-order valence-electron chi connectivity index (χ2n) is 3.96. The molecule has 2 aromatic carbocycles. The van der Waals surface area contributed by atoms with Crippen molar-refractivity contribution in [2.45, 2.75) is 6.54 Å². The molecule has 0 aromatic heterocycles. The number of nitrogens with one attached hydrogen (secondary N) is 1. The van der Waals surface area contributed by atoms with Gasteiger partial charge in [-0.25, -0.2) is 0 Å². The van der Waals surface area contributed by atoms with Gasteiger partial charge in [0.05, 0.1) is 4.47 Å². The molecular formula is C14H12Br2ClNO. The first-order chi connectivity index (χ1) is 9.10. The summed E-state index contributed by atoms with van der Waals surface area (Å²) in [5, 5.41) is 3.80. The molecule has 0 saturated carbocycles. The lowest BCUT2D eigenvalue weighted by atomic mass is 10.2. The van der Waals surface area contributed by atoms with Crippen molar-refractivity contribution in [1.29, 1.82) is 0 Å². The molecule has 2 aromatic rings. The van der Waals surface area contributed by atoms with Gasteiger partial charge in [0.15, 0.2) is 0 Å². The summed E-state index contributed by atoms with van der Waals surface area (Å²) < 4.78 is 7.83. The van der Waals surface area contributed by atoms with Gasteiger partial charge >= 0.3 is 0 Å². The van der Waals surface area contributed by atoms with Crippen LogP contribution in [-0.4, -0.2) is 7.05 Å². The highest BCUT2D eigenvalue weighted by Gasteiger charge is 2.08. The number of hydrogen-bond donors (Lipinski definition) is 1. The minimum atomic E-state index is 0.698. The van der Waals surface area contributed by atoms with Crippen LogP contribution in [0.25, 0.3) is 0 Å². The largest absolute Gasteiger partial charge is 0.456 e. The van der Waals surface area contributed by atoms with E-state index in [2.05, 4.69) is 37.2 Å². The third-order valence-electron chi connectivity index (χ3n) is 2.50. The standard InChI is InChI=1S/C14H12Br2ClNO/c1-18-8-9-6-11(17)3-5-13(9)19-14-4-2-10(15)7-12(14)16/h2-7,18H,8H2,1H3. The Morgan fingerprint density at radius 2 is 1.84 bits per heavy atom. The van der Waals surface area contributed by atoms with Crippen molar-refractivity contribution >= 4 is 43.5 Å². The van der Waals surface area contributed by atoms with Crippen LogP contribution < -0.4 is 10.1 Å². The fourth-order valence-corrected chi connectivity index (χ4v) is 2.98. The van der Waals surface area contributed by atoms with E-state index in [9.17, 15) is 0 Å². The second kappa shape index (κ2) is 6.75. The third kappa shape index (κ3) is 3.96. The summed E-state index contributed by atoms with van der Waals surface area (Å²) in [7, 11) is 1.89. The molecule has 0 spiro atoms. The third-order valence-corrected chi connectivity index (χ3v) is 3.85. The van der Waals surface area contributed by atoms with Gasteiger partial charge in [-0.1, -0.05) is 27.5 Å². The van der Waals surface area contributed by atoms with E-state index in [1.165, 1.54) is 0 Å². The maximum Gasteiger partial charge on any atom is 0.141 e. The summed E-state index contributed by atoms with van der Waals surface area (Å²) in [6, 6.07) is 11.4. The Labute approximate surface area is 134 Å². The first-order valence-electron chi connectivity index (χ1n) is 5.66. The molecular weight excluding hydrogens is 393 g/mol. The van der Waals surface area contributed by atoms with Crippen molar-refractivity contribution in [3.63, 3.8) is 0 Å². The Bertz CT molecular complexity index is 590. The van der Waals surface area contributed by atoms with Crippen molar-refractivity contribution in [3.8, 4) is 11.5 Å². The number of rotatable bonds is 4. The molecule has 0 aliphatic heterocycles. The minimum absolute atomic E-state index is 0.698. The highest BCUT2D eigenvalue weighted by atomic mass is 79.9. The Hall–Kier alpha value is -0.550. The Kier molecular flexibility index (Phi) is 5.28. The lowest BCUT2D eigenvalue weighted by Crippen LogP contribution is -2.06. The summed E-state index contributed by atoms with van der Waals surface area (Å²) in [6.07, 6.45) is 0. The Balaban J connectivity index is 2.32. The first-order valence-corrected chi connectivity index (χ1v) is 7.62. The molecule has 0 aliphatic carbocycles. The number of halogens is 3. The molecule has 0 aliphatic rings. The highest BCUT2D eigenvalue weighted by molar-refractivity contribution is 9.11. The fraction of sp³-hybridized carbons (Fsp3) is 0.143. The summed E-state index contributed by atoms with van der Waals surface area (Å²) in [5.41, 5.74) is 1.02. The quantitative estimate of drug-likeness (QED) is 0.738. The van der Waals surface area contributed by atoms with Crippen LogP contribution in [0.2, 0.25) is 5.02 Å². The Morgan fingerprint density at radius 3 is 2.53 bits per heavy atom. The molecule has 0 amide bonds. The molecule has 2 rings (SSSR count). The van der Waals surface area contributed by atoms with E-state index in [0.717, 1.165) is 26.0 Å². The zero-order valence-corrected chi connectivity index (χ0v) is 14.1. The average molecular weight is 406 g/mol. The molecule has 19 heavy (non-hydrogen) atoms. The number of benzene rings is 2. The van der Waals surface area contributed by atoms with E-state index < -0.39 is 0 Å². The summed E-state index contributed by atoms with van der Waals surface area (Å²) >= 11 is 12.9. The van der Waals surface area contributed by atoms with Gasteiger partial charge < -0.3 is 10.1 Å². The molecule has 0 radical (unpaired) electrons. The molecule has 0 atom stereocenters. The molecule has 0 fully saturated rings. The van der Waals surface area contributed by atoms with Gasteiger partial charge in [-0.05, 0) is 59.4 Å². The maximum absolute atomic E-state index is 6.01. The maximum atomic E-state index is 6.01. The van der Waals surface area contributed by atoms with Crippen LogP contribution in [0.4, 0.5) is 0 Å². The van der Waals surface area contributed by atoms with Crippen LogP contribution in [0.5, 0.6) is 11.5 Å². The molecule has 0 saturated heterocycles. The molecule has 0 heterocycles. The lowest BCUT2D eigenvalue weighted by molar-refractivity contribution is 0.471. The summed E-state index contributed by atoms with van der Waals surface area (Å²) in [6.45, 7) is 0.698. The van der Waals surface area contributed by atoms with Crippen molar-refractivity contribution in [2.75, 3.05) is 7.05 Å². The minimum Gasteiger partial charge on any atom is -0.456 e. The van der Waals surface area contributed by atoms with Gasteiger partial charge in [0.2, 0.25) is 0 Å². The van der Waals surface area contributed by atoms with Gasteiger partial charge in [-0.3, -0.25) is 0 Å². The zero-order valence-electron chi connectivity index (χ0n) is 10.2. The first kappa shape index (κ1) is 14.9. The van der Waals surface area contributed by atoms with E-state index in [-0.39, 0.29) is 0 Å². The van der Waals surface area contributed by atoms with E-state index >= 15 is 0 Å². The second-order valence-corrected chi connectivity index (χ2v) is 6.17. The van der Waals surface area contributed by atoms with Crippen LogP contribution in [0, 0.1) is 0 Å². The van der Waals surface area contributed by atoms with Gasteiger partial charge in [0.25, 0.3) is 0 Å². The van der Waals surface area contributed by atoms with Crippen molar-refractivity contribution in [1.82, 2.24) is 5.32 Å². The van der Waals surface area contributed by atoms with Crippen LogP contribution in [-0.2, 0) is 6.54 Å². The van der Waals surface area contributed by atoms with Gasteiger partial charge in [-0.2, -0.15) is 0 Å². The van der Waals surface area contributed by atoms with Gasteiger partial charge in [-0.15, -0.1) is 0 Å². The molecule has 1 N–H and O–H groups in total. The van der Waals surface area contributed by atoms with Gasteiger partial charge in [0.1, 0.15) is 11.5 Å². The molecule has 5 heteroatoms. The normalized spacial score (nSPS) is 10.5. The summed E-state index contributed by atoms with van der Waals surface area (Å²) in [4.78, 5) is 0.